The van der Waals surface area contributed by atoms with Gasteiger partial charge in [0.2, 0.25) is 5.91 Å². The van der Waals surface area contributed by atoms with Gasteiger partial charge < -0.3 is 15.1 Å². The maximum atomic E-state index is 12.8. The molecule has 0 atom stereocenters. The summed E-state index contributed by atoms with van der Waals surface area (Å²) in [4.78, 5) is 37.2. The predicted molar refractivity (Wildman–Crippen MR) is 108 cm³/mol. The van der Waals surface area contributed by atoms with Gasteiger partial charge in [-0.05, 0) is 25.5 Å². The lowest BCUT2D eigenvalue weighted by Gasteiger charge is -2.11. The lowest BCUT2D eigenvalue weighted by molar-refractivity contribution is -0.120. The Morgan fingerprint density at radius 2 is 1.75 bits per heavy atom. The van der Waals surface area contributed by atoms with Gasteiger partial charge in [-0.3, -0.25) is 14.4 Å². The first-order valence-corrected chi connectivity index (χ1v) is 9.19. The van der Waals surface area contributed by atoms with Crippen molar-refractivity contribution in [2.75, 3.05) is 13.1 Å². The van der Waals surface area contributed by atoms with Gasteiger partial charge in [0.05, 0.1) is 17.5 Å². The number of fused-ring (bicyclic) bond motifs is 1. The molecule has 1 aromatic heterocycles. The van der Waals surface area contributed by atoms with Gasteiger partial charge in [0.1, 0.15) is 5.76 Å². The van der Waals surface area contributed by atoms with E-state index in [0.717, 1.165) is 12.0 Å². The molecule has 0 saturated heterocycles. The van der Waals surface area contributed by atoms with Crippen molar-refractivity contribution >= 4 is 22.8 Å². The molecular formula is C22H22N2O4. The average molecular weight is 378 g/mol. The van der Waals surface area contributed by atoms with E-state index in [1.54, 1.807) is 25.1 Å². The Morgan fingerprint density at radius 1 is 1.00 bits per heavy atom. The summed E-state index contributed by atoms with van der Waals surface area (Å²) in [6.45, 7) is 4.07. The molecule has 0 fully saturated rings. The van der Waals surface area contributed by atoms with E-state index in [-0.39, 0.29) is 29.0 Å². The second-order valence-corrected chi connectivity index (χ2v) is 6.47. The summed E-state index contributed by atoms with van der Waals surface area (Å²) in [6.07, 6.45) is 0.815. The number of hydrogen-bond acceptors (Lipinski definition) is 4. The Morgan fingerprint density at radius 3 is 2.46 bits per heavy atom. The normalized spacial score (nSPS) is 10.6. The zero-order chi connectivity index (χ0) is 20.1. The Balaban J connectivity index is 2.00. The largest absolute Gasteiger partial charge is 0.455 e. The second kappa shape index (κ2) is 8.52. The zero-order valence-electron chi connectivity index (χ0n) is 15.9. The molecule has 28 heavy (non-hydrogen) atoms. The van der Waals surface area contributed by atoms with E-state index < -0.39 is 5.91 Å². The topological polar surface area (TPSA) is 88.4 Å². The van der Waals surface area contributed by atoms with Crippen LogP contribution in [-0.2, 0) is 4.79 Å². The molecule has 0 aliphatic carbocycles. The summed E-state index contributed by atoms with van der Waals surface area (Å²) in [5.74, 6) is -0.306. The summed E-state index contributed by atoms with van der Waals surface area (Å²) >= 11 is 0. The number of amides is 2. The predicted octanol–water partition coefficient (Wildman–Crippen LogP) is 3.02. The second-order valence-electron chi connectivity index (χ2n) is 6.47. The van der Waals surface area contributed by atoms with Crippen LogP contribution in [0.15, 0.2) is 57.7 Å². The van der Waals surface area contributed by atoms with Crippen LogP contribution in [0.3, 0.4) is 0 Å². The van der Waals surface area contributed by atoms with Crippen LogP contribution in [0.5, 0.6) is 0 Å². The molecule has 0 saturated carbocycles. The monoisotopic (exact) mass is 378 g/mol. The van der Waals surface area contributed by atoms with E-state index in [9.17, 15) is 14.4 Å². The van der Waals surface area contributed by atoms with Crippen molar-refractivity contribution in [3.8, 4) is 11.3 Å². The third kappa shape index (κ3) is 3.96. The molecule has 0 aliphatic heterocycles. The molecule has 6 heteroatoms. The number of carbonyl (C=O) groups excluding carboxylic acids is 2. The summed E-state index contributed by atoms with van der Waals surface area (Å²) in [5.41, 5.74) is 1.48. The fourth-order valence-electron chi connectivity index (χ4n) is 2.94. The van der Waals surface area contributed by atoms with Crippen LogP contribution in [0.1, 0.15) is 29.3 Å². The zero-order valence-corrected chi connectivity index (χ0v) is 15.9. The van der Waals surface area contributed by atoms with Crippen LogP contribution in [0.25, 0.3) is 22.3 Å². The van der Waals surface area contributed by atoms with Crippen molar-refractivity contribution in [2.24, 2.45) is 0 Å². The van der Waals surface area contributed by atoms with Gasteiger partial charge in [-0.15, -0.1) is 0 Å². The molecule has 6 nitrogen and oxygen atoms in total. The smallest absolute Gasteiger partial charge is 0.255 e. The Labute approximate surface area is 162 Å². The molecule has 0 unspecified atom stereocenters. The van der Waals surface area contributed by atoms with E-state index in [0.29, 0.717) is 23.3 Å². The van der Waals surface area contributed by atoms with Crippen LogP contribution >= 0.6 is 0 Å². The quantitative estimate of drug-likeness (QED) is 0.690. The van der Waals surface area contributed by atoms with Crippen LogP contribution in [0.4, 0.5) is 0 Å². The highest BCUT2D eigenvalue weighted by Crippen LogP contribution is 2.27. The van der Waals surface area contributed by atoms with E-state index in [2.05, 4.69) is 10.6 Å². The lowest BCUT2D eigenvalue weighted by Crippen LogP contribution is -2.37. The molecule has 3 aromatic rings. The lowest BCUT2D eigenvalue weighted by atomic mass is 10.0. The minimum atomic E-state index is -0.469. The van der Waals surface area contributed by atoms with Crippen molar-refractivity contribution in [1.82, 2.24) is 10.6 Å². The molecule has 0 radical (unpaired) electrons. The van der Waals surface area contributed by atoms with Gasteiger partial charge >= 0.3 is 0 Å². The number of benzene rings is 2. The van der Waals surface area contributed by atoms with E-state index in [1.165, 1.54) is 0 Å². The van der Waals surface area contributed by atoms with Gasteiger partial charge in [-0.2, -0.15) is 0 Å². The Kier molecular flexibility index (Phi) is 5.89. The molecule has 0 aliphatic rings. The molecule has 3 rings (SSSR count). The van der Waals surface area contributed by atoms with Crippen LogP contribution in [-0.4, -0.2) is 24.9 Å². The number of nitrogens with one attached hydrogen (secondary N) is 2. The molecule has 2 aromatic carbocycles. The van der Waals surface area contributed by atoms with Crippen molar-refractivity contribution < 1.29 is 14.0 Å². The van der Waals surface area contributed by atoms with E-state index in [4.69, 9.17) is 4.42 Å². The third-order valence-corrected chi connectivity index (χ3v) is 4.41. The fourth-order valence-corrected chi connectivity index (χ4v) is 2.94. The summed E-state index contributed by atoms with van der Waals surface area (Å²) in [5, 5.41) is 5.61. The molecule has 0 spiro atoms. The highest BCUT2D eigenvalue weighted by molar-refractivity contribution is 6.06. The first-order valence-electron chi connectivity index (χ1n) is 9.19. The standard InChI is InChI=1S/C22H22N2O4/c1-3-12-23-18(25)13-24-22(27)17-11-7-10-16-19(26)14(2)20(28-21(16)17)15-8-5-4-6-9-15/h4-11H,3,12-13H2,1-2H3,(H,23,25)(H,24,27). The number of para-hydroxylation sites is 1. The van der Waals surface area contributed by atoms with Gasteiger partial charge in [0.25, 0.3) is 5.91 Å². The highest BCUT2D eigenvalue weighted by atomic mass is 16.3. The molecule has 144 valence electrons. The highest BCUT2D eigenvalue weighted by Gasteiger charge is 2.18. The number of carbonyl (C=O) groups is 2. The number of hydrogen-bond donors (Lipinski definition) is 2. The maximum Gasteiger partial charge on any atom is 0.255 e. The summed E-state index contributed by atoms with van der Waals surface area (Å²) in [6, 6.07) is 14.1. The summed E-state index contributed by atoms with van der Waals surface area (Å²) in [7, 11) is 0. The molecular weight excluding hydrogens is 356 g/mol. The third-order valence-electron chi connectivity index (χ3n) is 4.41. The van der Waals surface area contributed by atoms with Gasteiger partial charge in [0.15, 0.2) is 11.0 Å². The first kappa shape index (κ1) is 19.4. The Hall–Kier alpha value is -3.41. The molecule has 0 bridgehead atoms. The molecule has 2 N–H and O–H groups in total. The van der Waals surface area contributed by atoms with Crippen molar-refractivity contribution in [1.29, 1.82) is 0 Å². The van der Waals surface area contributed by atoms with Crippen molar-refractivity contribution in [3.05, 3.63) is 69.9 Å². The van der Waals surface area contributed by atoms with E-state index in [1.807, 2.05) is 37.3 Å². The minimum absolute atomic E-state index is 0.142. The van der Waals surface area contributed by atoms with E-state index >= 15 is 0 Å². The van der Waals surface area contributed by atoms with Crippen LogP contribution < -0.4 is 16.1 Å². The van der Waals surface area contributed by atoms with Crippen LogP contribution in [0, 0.1) is 6.92 Å². The first-order chi connectivity index (χ1) is 13.5. The summed E-state index contributed by atoms with van der Waals surface area (Å²) < 4.78 is 6.02. The average Bonchev–Trinajstić information content (AvgIpc) is 2.73. The van der Waals surface area contributed by atoms with Gasteiger partial charge in [-0.1, -0.05) is 43.3 Å². The maximum absolute atomic E-state index is 12.8. The Bertz CT molecular complexity index is 1070. The van der Waals surface area contributed by atoms with Gasteiger partial charge in [0, 0.05) is 17.7 Å². The molecule has 2 amide bonds. The molecule has 1 heterocycles. The fraction of sp³-hybridized carbons (Fsp3) is 0.227. The van der Waals surface area contributed by atoms with Crippen LogP contribution in [0.2, 0.25) is 0 Å². The van der Waals surface area contributed by atoms with Gasteiger partial charge in [-0.25, -0.2) is 0 Å². The van der Waals surface area contributed by atoms with Crippen molar-refractivity contribution in [2.45, 2.75) is 20.3 Å². The SMILES string of the molecule is CCCNC(=O)CNC(=O)c1cccc2c(=O)c(C)c(-c3ccccc3)oc12. The minimum Gasteiger partial charge on any atom is -0.455 e. The number of rotatable bonds is 6. The van der Waals surface area contributed by atoms with Crippen molar-refractivity contribution in [3.63, 3.8) is 0 Å².